The summed E-state index contributed by atoms with van der Waals surface area (Å²) in [6.07, 6.45) is -1.86. The molecule has 0 aliphatic heterocycles. The summed E-state index contributed by atoms with van der Waals surface area (Å²) in [6.45, 7) is -1.93. The van der Waals surface area contributed by atoms with Crippen molar-refractivity contribution in [2.24, 2.45) is 0 Å². The number of halogens is 4. The van der Waals surface area contributed by atoms with Crippen molar-refractivity contribution in [2.75, 3.05) is 13.2 Å². The summed E-state index contributed by atoms with van der Waals surface area (Å²) in [5.41, 5.74) is 0.468. The molecule has 1 heterocycles. The van der Waals surface area contributed by atoms with Crippen LogP contribution >= 0.6 is 0 Å². The Kier molecular flexibility index (Phi) is 4.74. The Bertz CT molecular complexity index is 601. The van der Waals surface area contributed by atoms with Gasteiger partial charge in [0.2, 0.25) is 0 Å². The highest BCUT2D eigenvalue weighted by Gasteiger charge is 2.41. The number of ether oxygens (including phenoxy) is 1. The van der Waals surface area contributed by atoms with Crippen LogP contribution in [0.15, 0.2) is 36.7 Å². The molecule has 114 valence electrons. The minimum atomic E-state index is -4.22. The highest BCUT2D eigenvalue weighted by molar-refractivity contribution is 5.85. The Morgan fingerprint density at radius 1 is 1.24 bits per heavy atom. The van der Waals surface area contributed by atoms with Crippen LogP contribution in [0.25, 0.3) is 10.8 Å². The van der Waals surface area contributed by atoms with Crippen molar-refractivity contribution in [1.82, 2.24) is 4.98 Å². The van der Waals surface area contributed by atoms with E-state index in [2.05, 4.69) is 9.72 Å². The minimum Gasteiger partial charge on any atom is -0.386 e. The number of hydrogen-bond acceptors (Lipinski definition) is 3. The summed E-state index contributed by atoms with van der Waals surface area (Å²) in [5, 5.41) is 11.4. The topological polar surface area (TPSA) is 42.4 Å². The van der Waals surface area contributed by atoms with Gasteiger partial charge >= 0.3 is 12.3 Å². The fraction of sp³-hybridized carbons (Fsp3) is 0.357. The van der Waals surface area contributed by atoms with E-state index in [4.69, 9.17) is 0 Å². The molecule has 0 aliphatic carbocycles. The van der Waals surface area contributed by atoms with E-state index in [9.17, 15) is 22.7 Å². The first-order valence-electron chi connectivity index (χ1n) is 6.16. The molecule has 1 aromatic heterocycles. The molecular formula is C14H13F4NO2. The molecule has 0 amide bonds. The number of alkyl halides is 4. The maximum atomic E-state index is 12.7. The van der Waals surface area contributed by atoms with Gasteiger partial charge in [0.15, 0.2) is 0 Å². The van der Waals surface area contributed by atoms with Crippen LogP contribution < -0.4 is 0 Å². The lowest BCUT2D eigenvalue weighted by molar-refractivity contribution is -0.170. The molecular weight excluding hydrogens is 290 g/mol. The van der Waals surface area contributed by atoms with Crippen molar-refractivity contribution in [3.8, 4) is 0 Å². The number of aliphatic hydroxyl groups excluding tert-OH is 1. The van der Waals surface area contributed by atoms with Crippen molar-refractivity contribution in [1.29, 1.82) is 0 Å². The van der Waals surface area contributed by atoms with Gasteiger partial charge in [0, 0.05) is 17.8 Å². The van der Waals surface area contributed by atoms with Gasteiger partial charge in [0.25, 0.3) is 0 Å². The molecule has 0 radical (unpaired) electrons. The molecule has 1 N–H and O–H groups in total. The summed E-state index contributed by atoms with van der Waals surface area (Å²) in [7, 11) is 0. The Morgan fingerprint density at radius 2 is 2.00 bits per heavy atom. The average Bonchev–Trinajstić information content (AvgIpc) is 2.46. The molecule has 0 aliphatic rings. The number of nitrogens with zero attached hydrogens (tertiary/aromatic N) is 1. The molecule has 7 heteroatoms. The summed E-state index contributed by atoms with van der Waals surface area (Å²) in [5.74, 6) is -4.22. The fourth-order valence-electron chi connectivity index (χ4n) is 1.90. The molecule has 1 aromatic carbocycles. The second-order valence-corrected chi connectivity index (χ2v) is 4.54. The van der Waals surface area contributed by atoms with E-state index in [1.807, 2.05) is 0 Å². The first-order chi connectivity index (χ1) is 9.92. The van der Waals surface area contributed by atoms with Crippen LogP contribution in [0.2, 0.25) is 0 Å². The summed E-state index contributed by atoms with van der Waals surface area (Å²) < 4.78 is 53.8. The standard InChI is InChI=1S/C14H13F4NO2/c15-13(16)14(17,18)8-21-7-12(20)11-3-1-2-9-6-19-5-4-10(9)11/h1-6,12-13,20H,7-8H2. The van der Waals surface area contributed by atoms with E-state index in [0.29, 0.717) is 10.9 Å². The van der Waals surface area contributed by atoms with Crippen molar-refractivity contribution in [3.63, 3.8) is 0 Å². The number of fused-ring (bicyclic) bond motifs is 1. The Hall–Kier alpha value is -1.73. The Labute approximate surface area is 118 Å². The maximum absolute atomic E-state index is 12.7. The van der Waals surface area contributed by atoms with Gasteiger partial charge in [-0.25, -0.2) is 8.78 Å². The van der Waals surface area contributed by atoms with Crippen LogP contribution in [0.4, 0.5) is 17.6 Å². The van der Waals surface area contributed by atoms with E-state index in [-0.39, 0.29) is 0 Å². The van der Waals surface area contributed by atoms with Crippen LogP contribution in [0, 0.1) is 0 Å². The van der Waals surface area contributed by atoms with Gasteiger partial charge < -0.3 is 9.84 Å². The fourth-order valence-corrected chi connectivity index (χ4v) is 1.90. The van der Waals surface area contributed by atoms with E-state index in [1.54, 1.807) is 30.5 Å². The number of rotatable bonds is 6. The minimum absolute atomic E-state index is 0.468. The van der Waals surface area contributed by atoms with E-state index >= 15 is 0 Å². The number of aliphatic hydroxyl groups is 1. The van der Waals surface area contributed by atoms with Crippen molar-refractivity contribution in [3.05, 3.63) is 42.2 Å². The average molecular weight is 303 g/mol. The summed E-state index contributed by atoms with van der Waals surface area (Å²) in [6, 6.07) is 6.74. The van der Waals surface area contributed by atoms with Crippen LogP contribution in [0.1, 0.15) is 11.7 Å². The lowest BCUT2D eigenvalue weighted by Gasteiger charge is -2.18. The zero-order chi connectivity index (χ0) is 15.5. The van der Waals surface area contributed by atoms with Gasteiger partial charge in [-0.05, 0) is 17.0 Å². The van der Waals surface area contributed by atoms with Crippen LogP contribution in [0.3, 0.4) is 0 Å². The first kappa shape index (κ1) is 15.7. The van der Waals surface area contributed by atoms with Crippen LogP contribution in [0.5, 0.6) is 0 Å². The molecule has 2 rings (SSSR count). The van der Waals surface area contributed by atoms with Crippen molar-refractivity contribution >= 4 is 10.8 Å². The van der Waals surface area contributed by atoms with Crippen molar-refractivity contribution in [2.45, 2.75) is 18.5 Å². The molecule has 0 spiro atoms. The monoisotopic (exact) mass is 303 g/mol. The maximum Gasteiger partial charge on any atom is 0.330 e. The van der Waals surface area contributed by atoms with E-state index < -0.39 is 31.7 Å². The molecule has 0 fully saturated rings. The second-order valence-electron chi connectivity index (χ2n) is 4.54. The van der Waals surface area contributed by atoms with Crippen LogP contribution in [-0.2, 0) is 4.74 Å². The highest BCUT2D eigenvalue weighted by Crippen LogP contribution is 2.26. The molecule has 0 saturated carbocycles. The van der Waals surface area contributed by atoms with Gasteiger partial charge in [0.05, 0.1) is 6.61 Å². The predicted octanol–water partition coefficient (Wildman–Crippen LogP) is 3.19. The normalized spacial score (nSPS) is 13.8. The largest absolute Gasteiger partial charge is 0.386 e. The van der Waals surface area contributed by atoms with Crippen LogP contribution in [-0.4, -0.2) is 35.7 Å². The third kappa shape index (κ3) is 3.68. The first-order valence-corrected chi connectivity index (χ1v) is 6.16. The SMILES string of the molecule is OC(COCC(F)(F)C(F)F)c1cccc2cnccc12. The molecule has 2 aromatic rings. The molecule has 0 saturated heterocycles. The predicted molar refractivity (Wildman–Crippen MR) is 68.5 cm³/mol. The van der Waals surface area contributed by atoms with Gasteiger partial charge in [0.1, 0.15) is 12.7 Å². The molecule has 1 unspecified atom stereocenters. The number of pyridine rings is 1. The number of aromatic nitrogens is 1. The molecule has 1 atom stereocenters. The summed E-state index contributed by atoms with van der Waals surface area (Å²) in [4.78, 5) is 3.93. The van der Waals surface area contributed by atoms with Crippen molar-refractivity contribution < 1.29 is 27.4 Å². The van der Waals surface area contributed by atoms with Gasteiger partial charge in [-0.3, -0.25) is 4.98 Å². The third-order valence-electron chi connectivity index (χ3n) is 2.96. The van der Waals surface area contributed by atoms with Gasteiger partial charge in [-0.2, -0.15) is 8.78 Å². The highest BCUT2D eigenvalue weighted by atomic mass is 19.3. The molecule has 3 nitrogen and oxygen atoms in total. The van der Waals surface area contributed by atoms with E-state index in [0.717, 1.165) is 5.39 Å². The van der Waals surface area contributed by atoms with E-state index in [1.165, 1.54) is 6.20 Å². The zero-order valence-electron chi connectivity index (χ0n) is 10.8. The smallest absolute Gasteiger partial charge is 0.330 e. The Balaban J connectivity index is 2.04. The lowest BCUT2D eigenvalue weighted by Crippen LogP contribution is -2.33. The number of benzene rings is 1. The second kappa shape index (κ2) is 6.36. The third-order valence-corrected chi connectivity index (χ3v) is 2.96. The number of hydrogen-bond donors (Lipinski definition) is 1. The quantitative estimate of drug-likeness (QED) is 0.833. The van der Waals surface area contributed by atoms with Gasteiger partial charge in [-0.15, -0.1) is 0 Å². The van der Waals surface area contributed by atoms with Gasteiger partial charge in [-0.1, -0.05) is 18.2 Å². The zero-order valence-corrected chi connectivity index (χ0v) is 10.8. The summed E-state index contributed by atoms with van der Waals surface area (Å²) >= 11 is 0. The lowest BCUT2D eigenvalue weighted by atomic mass is 10.0. The Morgan fingerprint density at radius 3 is 2.71 bits per heavy atom. The molecule has 21 heavy (non-hydrogen) atoms. The molecule has 0 bridgehead atoms.